The molecule has 3 aromatic rings. The van der Waals surface area contributed by atoms with Crippen molar-refractivity contribution in [2.45, 2.75) is 20.8 Å². The lowest BCUT2D eigenvalue weighted by atomic mass is 10.2. The zero-order chi connectivity index (χ0) is 21.7. The molecule has 0 saturated heterocycles. The molecule has 0 bridgehead atoms. The Labute approximate surface area is 174 Å². The van der Waals surface area contributed by atoms with E-state index < -0.39 is 11.7 Å². The van der Waals surface area contributed by atoms with Crippen molar-refractivity contribution in [3.8, 4) is 5.69 Å². The van der Waals surface area contributed by atoms with Gasteiger partial charge in [0.05, 0.1) is 23.9 Å². The Morgan fingerprint density at radius 1 is 1.13 bits per heavy atom. The number of esters is 1. The molecule has 0 unspecified atom stereocenters. The number of hydrazone groups is 1. The van der Waals surface area contributed by atoms with Gasteiger partial charge in [0.1, 0.15) is 5.82 Å². The molecule has 0 fully saturated rings. The number of halogens is 1. The maximum absolute atomic E-state index is 13.7. The Kier molecular flexibility index (Phi) is 6.41. The first kappa shape index (κ1) is 21.0. The van der Waals surface area contributed by atoms with E-state index in [1.54, 1.807) is 25.1 Å². The topological polar surface area (TPSA) is 72.7 Å². The number of benzene rings is 2. The Balaban J connectivity index is 1.77. The van der Waals surface area contributed by atoms with Crippen LogP contribution in [0.3, 0.4) is 0 Å². The molecule has 0 radical (unpaired) electrons. The van der Waals surface area contributed by atoms with Gasteiger partial charge in [0.25, 0.3) is 5.91 Å². The number of aromatic nitrogens is 1. The van der Waals surface area contributed by atoms with Crippen LogP contribution in [-0.4, -0.2) is 29.3 Å². The second-order valence-corrected chi connectivity index (χ2v) is 6.61. The van der Waals surface area contributed by atoms with Gasteiger partial charge in [-0.25, -0.2) is 14.6 Å². The highest BCUT2D eigenvalue weighted by Crippen LogP contribution is 2.20. The van der Waals surface area contributed by atoms with Gasteiger partial charge in [-0.15, -0.1) is 0 Å². The number of carbonyl (C=O) groups is 2. The lowest BCUT2D eigenvalue weighted by Crippen LogP contribution is -2.18. The van der Waals surface area contributed by atoms with Crippen LogP contribution in [0.15, 0.2) is 59.7 Å². The summed E-state index contributed by atoms with van der Waals surface area (Å²) in [6.45, 7) is 5.96. The molecule has 0 aliphatic heterocycles. The highest BCUT2D eigenvalue weighted by molar-refractivity contribution is 5.95. The number of nitrogens with zero attached hydrogens (tertiary/aromatic N) is 2. The molecule has 0 aliphatic carbocycles. The van der Waals surface area contributed by atoms with Gasteiger partial charge < -0.3 is 9.30 Å². The molecular formula is C23H22FN3O3. The number of rotatable bonds is 6. The Bertz CT molecular complexity index is 1100. The largest absolute Gasteiger partial charge is 0.462 e. The van der Waals surface area contributed by atoms with Crippen molar-refractivity contribution in [3.05, 3.63) is 88.5 Å². The molecule has 3 rings (SSSR count). The highest BCUT2D eigenvalue weighted by atomic mass is 19.1. The third-order valence-corrected chi connectivity index (χ3v) is 4.60. The molecule has 0 atom stereocenters. The van der Waals surface area contributed by atoms with Gasteiger partial charge >= 0.3 is 5.97 Å². The molecule has 1 heterocycles. The molecule has 0 saturated carbocycles. The van der Waals surface area contributed by atoms with Crippen LogP contribution in [0.2, 0.25) is 0 Å². The summed E-state index contributed by atoms with van der Waals surface area (Å²) in [7, 11) is 0. The fraction of sp³-hybridized carbons (Fsp3) is 0.174. The Morgan fingerprint density at radius 2 is 1.83 bits per heavy atom. The van der Waals surface area contributed by atoms with E-state index in [0.717, 1.165) is 22.6 Å². The minimum absolute atomic E-state index is 0.0678. The maximum Gasteiger partial charge on any atom is 0.338 e. The lowest BCUT2D eigenvalue weighted by Gasteiger charge is -2.10. The molecule has 1 amide bonds. The van der Waals surface area contributed by atoms with Crippen LogP contribution in [0.25, 0.3) is 5.69 Å². The summed E-state index contributed by atoms with van der Waals surface area (Å²) < 4.78 is 20.7. The Hall–Kier alpha value is -3.74. The zero-order valence-electron chi connectivity index (χ0n) is 17.0. The third-order valence-electron chi connectivity index (χ3n) is 4.60. The predicted octanol–water partition coefficient (Wildman–Crippen LogP) is 4.17. The first-order chi connectivity index (χ1) is 14.4. The summed E-state index contributed by atoms with van der Waals surface area (Å²) >= 11 is 0. The van der Waals surface area contributed by atoms with Crippen molar-refractivity contribution >= 4 is 18.1 Å². The van der Waals surface area contributed by atoms with E-state index in [1.807, 2.05) is 36.6 Å². The fourth-order valence-electron chi connectivity index (χ4n) is 3.14. The van der Waals surface area contributed by atoms with Crippen LogP contribution in [-0.2, 0) is 4.74 Å². The number of amides is 1. The summed E-state index contributed by atoms with van der Waals surface area (Å²) in [6.07, 6.45) is 1.52. The van der Waals surface area contributed by atoms with Gasteiger partial charge in [-0.1, -0.05) is 12.1 Å². The number of hydrogen-bond acceptors (Lipinski definition) is 4. The predicted molar refractivity (Wildman–Crippen MR) is 113 cm³/mol. The van der Waals surface area contributed by atoms with Crippen LogP contribution in [0, 0.1) is 19.7 Å². The van der Waals surface area contributed by atoms with Gasteiger partial charge in [-0.2, -0.15) is 5.10 Å². The van der Waals surface area contributed by atoms with Crippen LogP contribution < -0.4 is 5.43 Å². The summed E-state index contributed by atoms with van der Waals surface area (Å²) in [5, 5.41) is 3.96. The van der Waals surface area contributed by atoms with Gasteiger partial charge in [0.15, 0.2) is 0 Å². The van der Waals surface area contributed by atoms with Gasteiger partial charge in [-0.05, 0) is 63.2 Å². The standard InChI is InChI=1S/C23H22FN3O3/c1-4-30-23(29)17-9-11-19(12-10-17)27-15(2)13-18(16(27)3)14-25-26-22(28)20-7-5-6-8-21(20)24/h5-14H,4H2,1-3H3,(H,26,28)/b25-14+. The van der Waals surface area contributed by atoms with E-state index >= 15 is 0 Å². The second kappa shape index (κ2) is 9.17. The van der Waals surface area contributed by atoms with Crippen molar-refractivity contribution in [1.82, 2.24) is 9.99 Å². The molecule has 7 heteroatoms. The van der Waals surface area contributed by atoms with Crippen LogP contribution in [0.1, 0.15) is 44.6 Å². The molecule has 1 N–H and O–H groups in total. The molecule has 6 nitrogen and oxygen atoms in total. The first-order valence-electron chi connectivity index (χ1n) is 9.46. The zero-order valence-corrected chi connectivity index (χ0v) is 17.0. The number of carbonyl (C=O) groups excluding carboxylic acids is 2. The second-order valence-electron chi connectivity index (χ2n) is 6.61. The maximum atomic E-state index is 13.7. The number of ether oxygens (including phenoxy) is 1. The van der Waals surface area contributed by atoms with E-state index in [9.17, 15) is 14.0 Å². The van der Waals surface area contributed by atoms with E-state index in [4.69, 9.17) is 4.74 Å². The summed E-state index contributed by atoms with van der Waals surface area (Å²) in [5.74, 6) is -1.58. The Morgan fingerprint density at radius 3 is 2.50 bits per heavy atom. The quantitative estimate of drug-likeness (QED) is 0.379. The first-order valence-corrected chi connectivity index (χ1v) is 9.46. The molecule has 30 heavy (non-hydrogen) atoms. The van der Waals surface area contributed by atoms with Gasteiger partial charge in [0, 0.05) is 22.6 Å². The number of nitrogens with one attached hydrogen (secondary N) is 1. The molecule has 154 valence electrons. The summed E-state index contributed by atoms with van der Waals surface area (Å²) in [4.78, 5) is 23.9. The lowest BCUT2D eigenvalue weighted by molar-refractivity contribution is 0.0526. The monoisotopic (exact) mass is 407 g/mol. The van der Waals surface area contributed by atoms with E-state index in [1.165, 1.54) is 24.4 Å². The minimum atomic E-state index is -0.618. The number of aryl methyl sites for hydroxylation is 1. The van der Waals surface area contributed by atoms with E-state index in [0.29, 0.717) is 12.2 Å². The number of hydrogen-bond donors (Lipinski definition) is 1. The van der Waals surface area contributed by atoms with Crippen molar-refractivity contribution in [2.75, 3.05) is 6.61 Å². The molecule has 0 aliphatic rings. The van der Waals surface area contributed by atoms with Crippen molar-refractivity contribution < 1.29 is 18.7 Å². The van der Waals surface area contributed by atoms with Gasteiger partial charge in [-0.3, -0.25) is 4.79 Å². The molecular weight excluding hydrogens is 385 g/mol. The average molecular weight is 407 g/mol. The smallest absolute Gasteiger partial charge is 0.338 e. The van der Waals surface area contributed by atoms with Crippen LogP contribution >= 0.6 is 0 Å². The van der Waals surface area contributed by atoms with Crippen molar-refractivity contribution in [3.63, 3.8) is 0 Å². The van der Waals surface area contributed by atoms with E-state index in [-0.39, 0.29) is 11.5 Å². The third kappa shape index (κ3) is 4.46. The molecule has 1 aromatic heterocycles. The van der Waals surface area contributed by atoms with E-state index in [2.05, 4.69) is 10.5 Å². The normalized spacial score (nSPS) is 10.9. The summed E-state index contributed by atoms with van der Waals surface area (Å²) in [6, 6.07) is 14.8. The van der Waals surface area contributed by atoms with Crippen molar-refractivity contribution in [1.29, 1.82) is 0 Å². The van der Waals surface area contributed by atoms with Crippen LogP contribution in [0.5, 0.6) is 0 Å². The fourth-order valence-corrected chi connectivity index (χ4v) is 3.14. The average Bonchev–Trinajstić information content (AvgIpc) is 3.01. The highest BCUT2D eigenvalue weighted by Gasteiger charge is 2.12. The van der Waals surface area contributed by atoms with Crippen molar-refractivity contribution in [2.24, 2.45) is 5.10 Å². The van der Waals surface area contributed by atoms with Gasteiger partial charge in [0.2, 0.25) is 0 Å². The van der Waals surface area contributed by atoms with Crippen LogP contribution in [0.4, 0.5) is 4.39 Å². The summed E-state index contributed by atoms with van der Waals surface area (Å²) in [5.41, 5.74) is 6.31. The molecule has 2 aromatic carbocycles. The molecule has 0 spiro atoms. The SMILES string of the molecule is CCOC(=O)c1ccc(-n2c(C)cc(/C=N/NC(=O)c3ccccc3F)c2C)cc1. The minimum Gasteiger partial charge on any atom is -0.462 e.